The van der Waals surface area contributed by atoms with Crippen LogP contribution in [0, 0.1) is 0 Å². The molecule has 8 rings (SSSR count). The molecule has 0 saturated heterocycles. The Morgan fingerprint density at radius 2 is 1.49 bits per heavy atom. The molecule has 0 bridgehead atoms. The molecule has 4 aliphatic carbocycles. The topological polar surface area (TPSA) is 38.7 Å². The third-order valence-corrected chi connectivity index (χ3v) is 9.59. The van der Waals surface area contributed by atoms with Crippen molar-refractivity contribution in [2.45, 2.75) is 138 Å². The number of benzene rings is 2. The van der Waals surface area contributed by atoms with Gasteiger partial charge in [0.15, 0.2) is 0 Å². The number of rotatable bonds is 5. The van der Waals surface area contributed by atoms with Crippen LogP contribution < -0.4 is 0 Å². The number of fused-ring (bicyclic) bond motifs is 3. The van der Waals surface area contributed by atoms with Gasteiger partial charge >= 0.3 is 309 Å². The van der Waals surface area contributed by atoms with E-state index in [4.69, 9.17) is 20.6 Å². The molecule has 8 unspecified atom stereocenters. The zero-order valence-corrected chi connectivity index (χ0v) is 23.9. The molecular formula is C39H47N3Se. The summed E-state index contributed by atoms with van der Waals surface area (Å²) in [6, 6.07) is 7.91. The monoisotopic (exact) mass is 673 g/mol. The summed E-state index contributed by atoms with van der Waals surface area (Å²) in [5.74, 6) is -20.4. The Hall–Kier alpha value is -2.29. The fraction of sp³-hybridized carbons (Fsp3) is 0.564. The third kappa shape index (κ3) is 5.35. The first-order chi connectivity index (χ1) is 34.6. The van der Waals surface area contributed by atoms with Crippen LogP contribution in [0.25, 0.3) is 19.3 Å². The van der Waals surface area contributed by atoms with Crippen LogP contribution in [-0.4, -0.2) is 29.9 Å². The first kappa shape index (κ1) is 9.38. The average molecular weight is 672 g/mol. The van der Waals surface area contributed by atoms with Gasteiger partial charge in [0.05, 0.1) is 0 Å². The molecule has 0 aliphatic heterocycles. The number of hydrogen-bond acceptors (Lipinski definition) is 3. The van der Waals surface area contributed by atoms with Gasteiger partial charge < -0.3 is 0 Å². The van der Waals surface area contributed by atoms with Crippen molar-refractivity contribution in [1.82, 2.24) is 15.4 Å². The second kappa shape index (κ2) is 12.6. The van der Waals surface area contributed by atoms with Crippen LogP contribution in [0.2, 0.25) is 0 Å². The van der Waals surface area contributed by atoms with Crippen LogP contribution in [0.15, 0.2) is 48.6 Å². The number of aromatic nitrogens is 3. The Morgan fingerprint density at radius 3 is 2.42 bits per heavy atom. The molecule has 0 amide bonds. The van der Waals surface area contributed by atoms with Crippen molar-refractivity contribution in [3.63, 3.8) is 0 Å². The van der Waals surface area contributed by atoms with Crippen LogP contribution in [0.3, 0.4) is 0 Å². The summed E-state index contributed by atoms with van der Waals surface area (Å²) in [4.78, 5) is 0. The van der Waals surface area contributed by atoms with E-state index in [1.165, 1.54) is 30.3 Å². The molecule has 0 radical (unpaired) electrons. The van der Waals surface area contributed by atoms with Crippen molar-refractivity contribution >= 4 is 33.8 Å². The number of hydrogen-bond donors (Lipinski definition) is 0. The van der Waals surface area contributed by atoms with Crippen LogP contribution in [0.1, 0.15) is 214 Å². The van der Waals surface area contributed by atoms with Gasteiger partial charge in [-0.25, -0.2) is 0 Å². The molecule has 8 atom stereocenters. The Labute approximate surface area is 312 Å². The van der Waals surface area contributed by atoms with E-state index in [0.717, 1.165) is 12.1 Å². The van der Waals surface area contributed by atoms with Gasteiger partial charge in [0.25, 0.3) is 0 Å². The quantitative estimate of drug-likeness (QED) is 0.157. The number of nitrogens with zero attached hydrogens (tertiary/aromatic N) is 3. The summed E-state index contributed by atoms with van der Waals surface area (Å²) >= 11 is -0.973. The van der Waals surface area contributed by atoms with E-state index in [-0.39, 0.29) is 9.65 Å². The molecule has 4 aliphatic rings. The molecule has 3 nitrogen and oxygen atoms in total. The van der Waals surface area contributed by atoms with Crippen molar-refractivity contribution in [2.75, 3.05) is 0 Å². The average Bonchev–Trinajstić information content (AvgIpc) is 3.70. The fourth-order valence-electron chi connectivity index (χ4n) is 5.41. The Morgan fingerprint density at radius 1 is 0.698 bits per heavy atom. The van der Waals surface area contributed by atoms with Crippen molar-refractivity contribution in [3.8, 4) is 0 Å². The molecule has 4 heteroatoms. The van der Waals surface area contributed by atoms with Gasteiger partial charge in [0.1, 0.15) is 0 Å². The van der Waals surface area contributed by atoms with E-state index < -0.39 is 186 Å². The molecule has 2 heterocycles. The normalized spacial score (nSPS) is 68.8. The van der Waals surface area contributed by atoms with E-state index in [1.807, 2.05) is 0 Å². The van der Waals surface area contributed by atoms with E-state index in [1.54, 1.807) is 0 Å². The van der Waals surface area contributed by atoms with Gasteiger partial charge in [0.2, 0.25) is 0 Å². The Balaban J connectivity index is 1.72. The molecule has 2 aromatic carbocycles. The molecule has 4 aromatic rings. The molecular weight excluding hydrogens is 589 g/mol. The first-order valence-electron chi connectivity index (χ1n) is 31.0. The van der Waals surface area contributed by atoms with E-state index >= 15 is 0 Å². The van der Waals surface area contributed by atoms with Crippen LogP contribution in [-0.2, 0) is 0 Å². The predicted octanol–water partition coefficient (Wildman–Crippen LogP) is 10.6. The van der Waals surface area contributed by atoms with Gasteiger partial charge in [-0.05, 0) is 0 Å². The van der Waals surface area contributed by atoms with Gasteiger partial charge in [-0.15, -0.1) is 0 Å². The van der Waals surface area contributed by atoms with Crippen molar-refractivity contribution in [3.05, 3.63) is 76.6 Å². The predicted molar refractivity (Wildman–Crippen MR) is 180 cm³/mol. The number of allylic oxidation sites excluding steroid dienone is 2. The zero-order valence-electron chi connectivity index (χ0n) is 57.2. The van der Waals surface area contributed by atoms with Crippen LogP contribution in [0.4, 0.5) is 0 Å². The standard InChI is InChI=1S/C39H47N3Se/c1-4-14-26(15-5-1)29-24-25-34-37(32-22-12-13-23-33(32)43-34)36(29)30-20-10-11-21-31(30)39-35(27-16-6-2-7-17-27)38(40-42-41-39)28-18-8-3-9-19-28/h4,12-14,22-28,30-31H,1-3,5-11,15-21H2/i1D,2D2,3D2,5D2,6D2,7D2,8D2,9D2,10D2,11D2,15D2,16D,17D2,18D,19D2,20D2,21D2,26D,27D,28D,30D. The molecule has 3 saturated carbocycles. The summed E-state index contributed by atoms with van der Waals surface area (Å²) in [5.41, 5.74) is -8.43. The van der Waals surface area contributed by atoms with Crippen molar-refractivity contribution < 1.29 is 48.0 Å². The second-order valence-corrected chi connectivity index (χ2v) is 11.9. The maximum atomic E-state index is 11.0. The minimum absolute atomic E-state index is 0.0148. The minimum atomic E-state index is -4.66. The Bertz CT molecular complexity index is 3190. The van der Waals surface area contributed by atoms with Gasteiger partial charge in [-0.1, -0.05) is 0 Å². The summed E-state index contributed by atoms with van der Waals surface area (Å²) < 4.78 is 323. The van der Waals surface area contributed by atoms with Crippen molar-refractivity contribution in [2.24, 2.45) is 0 Å². The van der Waals surface area contributed by atoms with Crippen LogP contribution >= 0.6 is 0 Å². The fourth-order valence-corrected chi connectivity index (χ4v) is 7.74. The van der Waals surface area contributed by atoms with Gasteiger partial charge in [0, 0.05) is 2.74 Å². The van der Waals surface area contributed by atoms with E-state index in [2.05, 4.69) is 15.4 Å². The SMILES string of the molecule is [2H]C1C=CC([2H])(c2ccc3[se]c4ccccc4c3c2C2([2H])C(c3nnnc(C4([2H])C([2H])C([2H])([2H])C([2H])([2H])C([2H])([2H])C4([2H])[2H])c3C3([2H])C([2H])C([2H])([2H])C([2H])([2H])C([2H])([2H])C3([2H])[2H])C([2H])([2H])C([2H])([2H])C([2H])([2H])C2([2H])[2H])C([2H])([2H])C1([2H])[2H]. The molecule has 224 valence electrons. The van der Waals surface area contributed by atoms with Gasteiger partial charge in [-0.3, -0.25) is 0 Å². The molecule has 0 N–H and O–H groups in total. The maximum absolute atomic E-state index is 11.0. The van der Waals surface area contributed by atoms with E-state index in [0.29, 0.717) is 10.3 Å². The second-order valence-electron chi connectivity index (χ2n) is 9.59. The summed E-state index contributed by atoms with van der Waals surface area (Å²) in [6.07, 6.45) is -67.7. The zero-order chi connectivity index (χ0) is 60.0. The van der Waals surface area contributed by atoms with Gasteiger partial charge in [-0.2, -0.15) is 0 Å². The molecule has 0 spiro atoms. The summed E-state index contributed by atoms with van der Waals surface area (Å²) in [5, 5.41) is 10.2. The molecule has 3 fully saturated rings. The van der Waals surface area contributed by atoms with Crippen LogP contribution in [0.5, 0.6) is 0 Å². The van der Waals surface area contributed by atoms with E-state index in [9.17, 15) is 27.4 Å². The summed E-state index contributed by atoms with van der Waals surface area (Å²) in [7, 11) is 0. The summed E-state index contributed by atoms with van der Waals surface area (Å²) in [6.45, 7) is 0. The molecule has 43 heavy (non-hydrogen) atoms. The first-order valence-corrected chi connectivity index (χ1v) is 15.0. The molecule has 2 aromatic heterocycles. The third-order valence-electron chi connectivity index (χ3n) is 7.20. The van der Waals surface area contributed by atoms with Crippen molar-refractivity contribution in [1.29, 1.82) is 0 Å². The Kier molecular flexibility index (Phi) is 2.75.